The minimum atomic E-state index is -3.75. The lowest BCUT2D eigenvalue weighted by molar-refractivity contribution is 0.0600. The third kappa shape index (κ3) is 4.43. The maximum absolute atomic E-state index is 12.5. The van der Waals surface area contributed by atoms with E-state index in [0.717, 1.165) is 19.5 Å². The highest BCUT2D eigenvalue weighted by atomic mass is 35.5. The fourth-order valence-corrected chi connectivity index (χ4v) is 4.77. The molecular weight excluding hydrogens is 388 g/mol. The molecule has 0 amide bonds. The molecule has 6 nitrogen and oxygen atoms in total. The molecule has 144 valence electrons. The van der Waals surface area contributed by atoms with Crippen LogP contribution in [0, 0.1) is 0 Å². The van der Waals surface area contributed by atoms with Crippen LogP contribution in [0.3, 0.4) is 0 Å². The van der Waals surface area contributed by atoms with E-state index in [1.54, 1.807) is 0 Å². The number of hydrogen-bond donors (Lipinski definition) is 1. The molecule has 0 bridgehead atoms. The molecule has 0 saturated carbocycles. The standard InChI is InChI=1S/C19H21ClN2O4S/c1-26-19(23)15-7-8-18(16(20)13-15)27(24,25)21-10-4-11-22-12-9-14-5-2-3-6-17(14)22/h2-3,5-8,13,21H,4,9-12H2,1H3. The number of sulfonamides is 1. The monoisotopic (exact) mass is 408 g/mol. The zero-order chi connectivity index (χ0) is 19.4. The number of nitrogens with one attached hydrogen (secondary N) is 1. The number of ether oxygens (including phenoxy) is 1. The normalized spacial score (nSPS) is 13.5. The lowest BCUT2D eigenvalue weighted by Gasteiger charge is -2.19. The van der Waals surface area contributed by atoms with E-state index in [1.807, 2.05) is 12.1 Å². The van der Waals surface area contributed by atoms with Gasteiger partial charge in [0, 0.05) is 25.3 Å². The number of para-hydroxylation sites is 1. The number of methoxy groups -OCH3 is 1. The number of esters is 1. The van der Waals surface area contributed by atoms with Crippen LogP contribution in [0.15, 0.2) is 47.4 Å². The lowest BCUT2D eigenvalue weighted by atomic mass is 10.2. The fraction of sp³-hybridized carbons (Fsp3) is 0.316. The van der Waals surface area contributed by atoms with E-state index >= 15 is 0 Å². The topological polar surface area (TPSA) is 75.7 Å². The first kappa shape index (κ1) is 19.7. The van der Waals surface area contributed by atoms with Crippen LogP contribution >= 0.6 is 11.6 Å². The average molecular weight is 409 g/mol. The molecule has 1 aliphatic rings. The number of fused-ring (bicyclic) bond motifs is 1. The Kier molecular flexibility index (Phi) is 6.04. The van der Waals surface area contributed by atoms with Crippen molar-refractivity contribution in [1.82, 2.24) is 4.72 Å². The van der Waals surface area contributed by atoms with Crippen molar-refractivity contribution in [3.8, 4) is 0 Å². The summed E-state index contributed by atoms with van der Waals surface area (Å²) in [5.41, 5.74) is 2.76. The third-order valence-corrected chi connectivity index (χ3v) is 6.47. The third-order valence-electron chi connectivity index (χ3n) is 4.52. The zero-order valence-corrected chi connectivity index (χ0v) is 16.5. The second-order valence-corrected chi connectivity index (χ2v) is 8.40. The highest BCUT2D eigenvalue weighted by molar-refractivity contribution is 7.89. The van der Waals surface area contributed by atoms with E-state index in [2.05, 4.69) is 26.5 Å². The molecule has 27 heavy (non-hydrogen) atoms. The van der Waals surface area contributed by atoms with E-state index in [9.17, 15) is 13.2 Å². The van der Waals surface area contributed by atoms with Crippen LogP contribution in [0.1, 0.15) is 22.3 Å². The van der Waals surface area contributed by atoms with Crippen molar-refractivity contribution in [2.75, 3.05) is 31.6 Å². The van der Waals surface area contributed by atoms with Crippen molar-refractivity contribution >= 4 is 33.3 Å². The molecule has 0 radical (unpaired) electrons. The van der Waals surface area contributed by atoms with Crippen LogP contribution in [0.4, 0.5) is 5.69 Å². The predicted octanol–water partition coefficient (Wildman–Crippen LogP) is 2.86. The Morgan fingerprint density at radius 3 is 2.78 bits per heavy atom. The van der Waals surface area contributed by atoms with Crippen molar-refractivity contribution in [3.05, 3.63) is 58.6 Å². The van der Waals surface area contributed by atoms with Gasteiger partial charge in [0.2, 0.25) is 10.0 Å². The van der Waals surface area contributed by atoms with Crippen LogP contribution < -0.4 is 9.62 Å². The Hall–Kier alpha value is -2.09. The molecule has 2 aromatic rings. The first-order valence-electron chi connectivity index (χ1n) is 8.63. The largest absolute Gasteiger partial charge is 0.465 e. The van der Waals surface area contributed by atoms with Gasteiger partial charge in [-0.05, 0) is 42.7 Å². The highest BCUT2D eigenvalue weighted by Crippen LogP contribution is 2.27. The number of anilines is 1. The van der Waals surface area contributed by atoms with Crippen LogP contribution in [-0.2, 0) is 21.2 Å². The maximum Gasteiger partial charge on any atom is 0.337 e. The Morgan fingerprint density at radius 1 is 1.26 bits per heavy atom. The average Bonchev–Trinajstić information content (AvgIpc) is 3.07. The number of hydrogen-bond acceptors (Lipinski definition) is 5. The van der Waals surface area contributed by atoms with Crippen LogP contribution in [0.25, 0.3) is 0 Å². The molecule has 0 atom stereocenters. The van der Waals surface area contributed by atoms with E-state index in [-0.39, 0.29) is 15.5 Å². The number of halogens is 1. The van der Waals surface area contributed by atoms with Crippen molar-refractivity contribution in [3.63, 3.8) is 0 Å². The molecule has 1 N–H and O–H groups in total. The quantitative estimate of drug-likeness (QED) is 0.563. The van der Waals surface area contributed by atoms with Gasteiger partial charge in [-0.25, -0.2) is 17.9 Å². The second kappa shape index (κ2) is 8.29. The molecular formula is C19H21ClN2O4S. The van der Waals surface area contributed by atoms with Crippen LogP contribution in [0.2, 0.25) is 5.02 Å². The smallest absolute Gasteiger partial charge is 0.337 e. The lowest BCUT2D eigenvalue weighted by Crippen LogP contribution is -2.29. The number of carbonyl (C=O) groups excluding carboxylic acids is 1. The molecule has 0 unspecified atom stereocenters. The molecule has 3 rings (SSSR count). The Labute approximate surface area is 164 Å². The number of rotatable bonds is 7. The minimum absolute atomic E-state index is 0.0149. The summed E-state index contributed by atoms with van der Waals surface area (Å²) in [7, 11) is -2.50. The highest BCUT2D eigenvalue weighted by Gasteiger charge is 2.21. The van der Waals surface area contributed by atoms with Crippen molar-refractivity contribution in [2.24, 2.45) is 0 Å². The summed E-state index contributed by atoms with van der Waals surface area (Å²) in [4.78, 5) is 13.7. The van der Waals surface area contributed by atoms with Gasteiger partial charge in [-0.15, -0.1) is 0 Å². The Bertz CT molecular complexity index is 946. The van der Waals surface area contributed by atoms with Gasteiger partial charge in [-0.1, -0.05) is 29.8 Å². The Morgan fingerprint density at radius 2 is 2.04 bits per heavy atom. The maximum atomic E-state index is 12.5. The Balaban J connectivity index is 1.57. The van der Waals surface area contributed by atoms with Gasteiger partial charge in [-0.3, -0.25) is 0 Å². The summed E-state index contributed by atoms with van der Waals surface area (Å²) < 4.78 is 32.1. The summed E-state index contributed by atoms with van der Waals surface area (Å²) >= 11 is 6.05. The van der Waals surface area contributed by atoms with Gasteiger partial charge in [0.1, 0.15) is 4.90 Å². The van der Waals surface area contributed by atoms with E-state index < -0.39 is 16.0 Å². The van der Waals surface area contributed by atoms with Gasteiger partial charge in [0.05, 0.1) is 17.7 Å². The fourth-order valence-electron chi connectivity index (χ4n) is 3.16. The number of carbonyl (C=O) groups is 1. The SMILES string of the molecule is COC(=O)c1ccc(S(=O)(=O)NCCCN2CCc3ccccc32)c(Cl)c1. The van der Waals surface area contributed by atoms with Crippen molar-refractivity contribution in [1.29, 1.82) is 0 Å². The van der Waals surface area contributed by atoms with Crippen LogP contribution in [-0.4, -0.2) is 41.1 Å². The molecule has 2 aromatic carbocycles. The summed E-state index contributed by atoms with van der Waals surface area (Å²) in [6, 6.07) is 12.3. The number of benzene rings is 2. The molecule has 8 heteroatoms. The molecule has 0 saturated heterocycles. The molecule has 0 aliphatic carbocycles. The first-order chi connectivity index (χ1) is 12.9. The van der Waals surface area contributed by atoms with E-state index in [1.165, 1.54) is 36.6 Å². The first-order valence-corrected chi connectivity index (χ1v) is 10.5. The van der Waals surface area contributed by atoms with Gasteiger partial charge >= 0.3 is 5.97 Å². The number of nitrogens with zero attached hydrogens (tertiary/aromatic N) is 1. The van der Waals surface area contributed by atoms with Crippen molar-refractivity contribution in [2.45, 2.75) is 17.7 Å². The van der Waals surface area contributed by atoms with Gasteiger partial charge in [0.15, 0.2) is 0 Å². The molecule has 0 fully saturated rings. The molecule has 0 spiro atoms. The summed E-state index contributed by atoms with van der Waals surface area (Å²) in [6.45, 7) is 2.03. The van der Waals surface area contributed by atoms with E-state index in [4.69, 9.17) is 11.6 Å². The van der Waals surface area contributed by atoms with E-state index in [0.29, 0.717) is 13.0 Å². The summed E-state index contributed by atoms with van der Waals surface area (Å²) in [5, 5.41) is -0.0149. The second-order valence-electron chi connectivity index (χ2n) is 6.25. The van der Waals surface area contributed by atoms with Crippen LogP contribution in [0.5, 0.6) is 0 Å². The molecule has 1 aliphatic heterocycles. The van der Waals surface area contributed by atoms with Crippen molar-refractivity contribution < 1.29 is 17.9 Å². The zero-order valence-electron chi connectivity index (χ0n) is 14.9. The van der Waals surface area contributed by atoms with Gasteiger partial charge in [-0.2, -0.15) is 0 Å². The summed E-state index contributed by atoms with van der Waals surface area (Å²) in [5.74, 6) is -0.570. The summed E-state index contributed by atoms with van der Waals surface area (Å²) in [6.07, 6.45) is 1.69. The molecule has 0 aromatic heterocycles. The minimum Gasteiger partial charge on any atom is -0.465 e. The van der Waals surface area contributed by atoms with Gasteiger partial charge in [0.25, 0.3) is 0 Å². The van der Waals surface area contributed by atoms with Gasteiger partial charge < -0.3 is 9.64 Å². The molecule has 1 heterocycles. The predicted molar refractivity (Wildman–Crippen MR) is 105 cm³/mol.